The minimum atomic E-state index is -1.19. The first kappa shape index (κ1) is 64.1. The summed E-state index contributed by atoms with van der Waals surface area (Å²) in [7, 11) is 0. The van der Waals surface area contributed by atoms with E-state index in [2.05, 4.69) is 60.8 Å². The Balaban J connectivity index is 0.716. The Morgan fingerprint density at radius 2 is 1.27 bits per heavy atom. The molecule has 484 valence electrons. The molecule has 0 fully saturated rings. The molecule has 1 aliphatic rings. The summed E-state index contributed by atoms with van der Waals surface area (Å²) >= 11 is 2.73. The summed E-state index contributed by atoms with van der Waals surface area (Å²) in [4.78, 5) is 104. The zero-order valence-corrected chi connectivity index (χ0v) is 53.2. The van der Waals surface area contributed by atoms with Gasteiger partial charge in [-0.15, -0.1) is 22.7 Å². The average Bonchev–Trinajstić information content (AvgIpc) is 1.68. The van der Waals surface area contributed by atoms with Crippen molar-refractivity contribution >= 4 is 58.2 Å². The number of amides is 3. The van der Waals surface area contributed by atoms with E-state index in [4.69, 9.17) is 62.8 Å². The van der Waals surface area contributed by atoms with Crippen molar-refractivity contribution in [3.05, 3.63) is 111 Å². The third-order valence-corrected chi connectivity index (χ3v) is 17.2. The van der Waals surface area contributed by atoms with Gasteiger partial charge in [-0.25, -0.2) is 54.6 Å². The number of nitrogens with one attached hydrogen (secondary N) is 3. The maximum absolute atomic E-state index is 14.4. The van der Waals surface area contributed by atoms with Gasteiger partial charge in [0.05, 0.1) is 6.04 Å². The van der Waals surface area contributed by atoms with Crippen LogP contribution in [0.4, 0.5) is 0 Å². The van der Waals surface area contributed by atoms with Crippen LogP contribution in [0.1, 0.15) is 122 Å². The maximum Gasteiger partial charge on any atom is 0.326 e. The molecule has 1 aromatic carbocycles. The average molecular weight is 1310 g/mol. The Kier molecular flexibility index (Phi) is 19.0. The van der Waals surface area contributed by atoms with Crippen LogP contribution < -0.4 is 33.2 Å². The molecule has 30 nitrogen and oxygen atoms in total. The van der Waals surface area contributed by atoms with Crippen LogP contribution in [0.15, 0.2) is 107 Å². The molecule has 0 bridgehead atoms. The van der Waals surface area contributed by atoms with Gasteiger partial charge in [-0.1, -0.05) is 70.9 Å². The molecule has 10 N–H and O–H groups in total. The van der Waals surface area contributed by atoms with Crippen molar-refractivity contribution in [2.45, 2.75) is 124 Å². The Hall–Kier alpha value is -10.5. The number of thiazole rings is 2. The highest BCUT2D eigenvalue weighted by Crippen LogP contribution is 2.37. The number of carboxylic acids is 1. The van der Waals surface area contributed by atoms with Gasteiger partial charge in [0.2, 0.25) is 58.9 Å². The molecule has 3 amide bonds. The number of carbonyl (C=O) groups excluding carboxylic acids is 3. The summed E-state index contributed by atoms with van der Waals surface area (Å²) in [6.45, 7) is 14.8. The van der Waals surface area contributed by atoms with Crippen molar-refractivity contribution in [2.75, 3.05) is 6.54 Å². The van der Waals surface area contributed by atoms with Gasteiger partial charge < -0.3 is 73.9 Å². The number of nitrogens with zero attached hydrogens (tertiary/aromatic N) is 11. The number of oxazole rings is 7. The van der Waals surface area contributed by atoms with Gasteiger partial charge in [0, 0.05) is 23.7 Å². The minimum Gasteiger partial charge on any atom is -0.480 e. The number of benzene rings is 1. The van der Waals surface area contributed by atoms with Crippen molar-refractivity contribution in [2.24, 2.45) is 39.0 Å². The standard InChI is InChI=1S/C61H65N17O13S2/c1-9-26(3)41(73-49(81)44-29(6)91-57(76-44)45-30(7)89-54(77-45)40-25-93-59(72-40)46-31(8)90-55(78-46)39-24-92-58(71-39)33(62)17-14-18-65-61(63)64)47(79)74-42(27(4)10-2)56-70-37(22-87-56)52-68-35(20-85-52)50-67-36(21-84-50)51-69-38(23-86-51)53-75-43(28(5)88-53)48(80)66-34(60(82)83)19-32-15-12-11-13-16-32/h11-13,15-16,20-28,33-34,41-43H,9-10,14,17-19,62H2,1-8H3,(H,66,80)(H,73,81)(H,74,79)(H,82,83)(H4,63,64,65). The summed E-state index contributed by atoms with van der Waals surface area (Å²) in [5.74, 6) is -1.54. The monoisotopic (exact) mass is 1310 g/mol. The fourth-order valence-corrected chi connectivity index (χ4v) is 11.5. The summed E-state index contributed by atoms with van der Waals surface area (Å²) < 4.78 is 47.2. The largest absolute Gasteiger partial charge is 0.480 e. The molecule has 10 aromatic rings. The Morgan fingerprint density at radius 3 is 1.94 bits per heavy atom. The molecule has 8 unspecified atom stereocenters. The molecule has 32 heteroatoms. The minimum absolute atomic E-state index is 0.0189. The number of carbonyl (C=O) groups is 4. The number of ether oxygens (including phenoxy) is 1. The first-order chi connectivity index (χ1) is 44.7. The molecule has 0 aliphatic carbocycles. The highest BCUT2D eigenvalue weighted by Gasteiger charge is 2.38. The van der Waals surface area contributed by atoms with E-state index in [1.807, 2.05) is 39.1 Å². The smallest absolute Gasteiger partial charge is 0.326 e. The number of hydrogen-bond donors (Lipinski definition) is 7. The Morgan fingerprint density at radius 1 is 0.667 bits per heavy atom. The van der Waals surface area contributed by atoms with Crippen molar-refractivity contribution in [3.63, 3.8) is 0 Å². The van der Waals surface area contributed by atoms with Gasteiger partial charge >= 0.3 is 5.97 Å². The van der Waals surface area contributed by atoms with Crippen molar-refractivity contribution in [3.8, 4) is 80.2 Å². The molecule has 93 heavy (non-hydrogen) atoms. The van der Waals surface area contributed by atoms with Crippen molar-refractivity contribution < 1.29 is 59.9 Å². The van der Waals surface area contributed by atoms with Crippen LogP contribution in [-0.2, 0) is 25.5 Å². The second-order valence-corrected chi connectivity index (χ2v) is 23.9. The summed E-state index contributed by atoms with van der Waals surface area (Å²) in [5.41, 5.74) is 20.4. The molecule has 0 radical (unpaired) electrons. The van der Waals surface area contributed by atoms with Crippen LogP contribution in [0.2, 0.25) is 0 Å². The molecule has 9 aromatic heterocycles. The number of carboxylic acid groups (broad SMARTS) is 1. The lowest BCUT2D eigenvalue weighted by Crippen LogP contribution is -2.51. The predicted molar refractivity (Wildman–Crippen MR) is 335 cm³/mol. The summed E-state index contributed by atoms with van der Waals surface area (Å²) in [6.07, 6.45) is 7.06. The van der Waals surface area contributed by atoms with Gasteiger partial charge in [-0.3, -0.25) is 19.4 Å². The summed E-state index contributed by atoms with van der Waals surface area (Å²) in [5, 5.41) is 23.3. The van der Waals surface area contributed by atoms with Crippen LogP contribution in [0, 0.1) is 32.6 Å². The number of aryl methyl sites for hydroxylation is 3. The molecule has 0 saturated carbocycles. The Bertz CT molecular complexity index is 4370. The maximum atomic E-state index is 14.4. The molecule has 10 heterocycles. The van der Waals surface area contributed by atoms with E-state index in [0.717, 1.165) is 10.6 Å². The zero-order valence-electron chi connectivity index (χ0n) is 51.5. The highest BCUT2D eigenvalue weighted by atomic mass is 32.1. The van der Waals surface area contributed by atoms with E-state index >= 15 is 0 Å². The molecule has 8 atom stereocenters. The summed E-state index contributed by atoms with van der Waals surface area (Å²) in [6, 6.07) is 4.61. The fraction of sp³-hybridized carbons (Fsp3) is 0.361. The molecular formula is C61H65N17O13S2. The lowest BCUT2D eigenvalue weighted by atomic mass is 9.95. The number of rotatable bonds is 27. The molecule has 11 rings (SSSR count). The zero-order chi connectivity index (χ0) is 65.8. The number of guanidine groups is 1. The first-order valence-electron chi connectivity index (χ1n) is 29.6. The first-order valence-corrected chi connectivity index (χ1v) is 31.4. The number of aromatic nitrogens is 9. The van der Waals surface area contributed by atoms with Gasteiger partial charge in [-0.05, 0) is 57.9 Å². The van der Waals surface area contributed by atoms with Gasteiger partial charge in [0.1, 0.15) is 93.7 Å². The Labute approximate surface area is 537 Å². The van der Waals surface area contributed by atoms with Crippen LogP contribution in [-0.4, -0.2) is 116 Å². The predicted octanol–water partition coefficient (Wildman–Crippen LogP) is 8.56. The van der Waals surface area contributed by atoms with Crippen molar-refractivity contribution in [1.82, 2.24) is 60.8 Å². The van der Waals surface area contributed by atoms with Gasteiger partial charge in [-0.2, -0.15) is 0 Å². The third kappa shape index (κ3) is 14.2. The number of nitrogens with two attached hydrogens (primary N) is 3. The van der Waals surface area contributed by atoms with E-state index in [0.29, 0.717) is 71.7 Å². The van der Waals surface area contributed by atoms with E-state index < -0.39 is 54.0 Å². The molecule has 0 spiro atoms. The SMILES string of the molecule is CCC(C)C(NC(=O)c1nc(-c2nc(-c3csc(-c4nc(-c5csc(C(N)CCCN=C(N)N)n5)oc4C)n3)oc2C)oc1C)C(=O)NC(c1nc(-c2nc(-c3nc(-c4nc(C5=NC(C(=O)NC(Cc6ccccc6)C(=O)O)C(C)O5)co4)co3)co2)co1)C(C)CC. The third-order valence-electron chi connectivity index (χ3n) is 15.4. The number of aliphatic carboxylic acids is 1. The van der Waals surface area contributed by atoms with Crippen LogP contribution in [0.5, 0.6) is 0 Å². The molecule has 1 aliphatic heterocycles. The number of aliphatic imine (C=N–C) groups is 2. The second kappa shape index (κ2) is 27.6. The highest BCUT2D eigenvalue weighted by molar-refractivity contribution is 7.13. The van der Waals surface area contributed by atoms with E-state index in [9.17, 15) is 24.3 Å². The number of hydrogen-bond acceptors (Lipinski definition) is 26. The van der Waals surface area contributed by atoms with E-state index in [-0.39, 0.29) is 111 Å². The van der Waals surface area contributed by atoms with Crippen molar-refractivity contribution in [1.29, 1.82) is 0 Å². The fourth-order valence-electron chi connectivity index (χ4n) is 9.84. The van der Waals surface area contributed by atoms with Crippen LogP contribution in [0.25, 0.3) is 80.2 Å². The molecular weight excluding hydrogens is 1240 g/mol. The van der Waals surface area contributed by atoms with E-state index in [1.165, 1.54) is 47.7 Å². The van der Waals surface area contributed by atoms with Crippen LogP contribution >= 0.6 is 22.7 Å². The van der Waals surface area contributed by atoms with E-state index in [1.54, 1.807) is 57.3 Å². The lowest BCUT2D eigenvalue weighted by molar-refractivity contribution is -0.142. The molecule has 0 saturated heterocycles. The normalized spacial score (nSPS) is 15.8. The second-order valence-electron chi connectivity index (χ2n) is 22.1. The lowest BCUT2D eigenvalue weighted by Gasteiger charge is -2.27. The van der Waals surface area contributed by atoms with Crippen LogP contribution in [0.3, 0.4) is 0 Å². The topological polar surface area (TPSA) is 445 Å². The quantitative estimate of drug-likeness (QED) is 0.0144. The van der Waals surface area contributed by atoms with Gasteiger partial charge in [0.25, 0.3) is 5.91 Å². The van der Waals surface area contributed by atoms with Gasteiger partial charge in [0.15, 0.2) is 46.2 Å².